The van der Waals surface area contributed by atoms with Crippen LogP contribution in [0.15, 0.2) is 23.1 Å². The Balaban J connectivity index is 1.82. The van der Waals surface area contributed by atoms with Gasteiger partial charge in [-0.25, -0.2) is 4.79 Å². The molecule has 0 fully saturated rings. The van der Waals surface area contributed by atoms with Crippen molar-refractivity contribution >= 4 is 40.0 Å². The molecule has 0 bridgehead atoms. The topological polar surface area (TPSA) is 55.4 Å². The molecule has 6 heteroatoms. The first-order valence-corrected chi connectivity index (χ1v) is 11.9. The van der Waals surface area contributed by atoms with Gasteiger partial charge in [0.2, 0.25) is 5.91 Å². The van der Waals surface area contributed by atoms with Crippen molar-refractivity contribution in [3.8, 4) is 0 Å². The Kier molecular flexibility index (Phi) is 7.06. The van der Waals surface area contributed by atoms with Gasteiger partial charge in [0.1, 0.15) is 5.00 Å². The number of thioether (sulfide) groups is 1. The monoisotopic (exact) mass is 431 g/mol. The van der Waals surface area contributed by atoms with Gasteiger partial charge in [-0.15, -0.1) is 23.1 Å². The molecule has 2 unspecified atom stereocenters. The third-order valence-electron chi connectivity index (χ3n) is 5.24. The SMILES string of the molecule is CCOC(=O)c1c(NC(=O)C(C)Sc2cc(C)ccc2C)sc2c1CCC(C)C2. The quantitative estimate of drug-likeness (QED) is 0.465. The third-order valence-corrected chi connectivity index (χ3v) is 7.68. The maximum absolute atomic E-state index is 12.9. The van der Waals surface area contributed by atoms with Crippen LogP contribution in [0.1, 0.15) is 59.1 Å². The van der Waals surface area contributed by atoms with Gasteiger partial charge in [-0.3, -0.25) is 4.79 Å². The van der Waals surface area contributed by atoms with Crippen LogP contribution in [0.4, 0.5) is 5.00 Å². The molecule has 0 spiro atoms. The van der Waals surface area contributed by atoms with Gasteiger partial charge >= 0.3 is 5.97 Å². The van der Waals surface area contributed by atoms with Gasteiger partial charge in [-0.05, 0) is 70.1 Å². The molecule has 2 aromatic rings. The molecule has 0 saturated carbocycles. The predicted molar refractivity (Wildman–Crippen MR) is 121 cm³/mol. The van der Waals surface area contributed by atoms with Crippen molar-refractivity contribution in [1.29, 1.82) is 0 Å². The number of nitrogens with one attached hydrogen (secondary N) is 1. The number of fused-ring (bicyclic) bond motifs is 1. The Morgan fingerprint density at radius 2 is 2.10 bits per heavy atom. The van der Waals surface area contributed by atoms with Crippen molar-refractivity contribution in [1.82, 2.24) is 0 Å². The van der Waals surface area contributed by atoms with E-state index >= 15 is 0 Å². The van der Waals surface area contributed by atoms with E-state index in [4.69, 9.17) is 4.74 Å². The molecule has 0 saturated heterocycles. The number of hydrogen-bond donors (Lipinski definition) is 1. The van der Waals surface area contributed by atoms with Crippen LogP contribution in [-0.4, -0.2) is 23.7 Å². The number of aryl methyl sites for hydroxylation is 2. The molecular weight excluding hydrogens is 402 g/mol. The smallest absolute Gasteiger partial charge is 0.341 e. The molecule has 1 amide bonds. The second-order valence-electron chi connectivity index (χ2n) is 7.79. The minimum Gasteiger partial charge on any atom is -0.462 e. The Morgan fingerprint density at radius 3 is 2.83 bits per heavy atom. The van der Waals surface area contributed by atoms with E-state index in [1.807, 2.05) is 6.92 Å². The van der Waals surface area contributed by atoms with Gasteiger partial charge < -0.3 is 10.1 Å². The average Bonchev–Trinajstić information content (AvgIpc) is 3.01. The number of ether oxygens (including phenoxy) is 1. The van der Waals surface area contributed by atoms with Crippen molar-refractivity contribution in [3.63, 3.8) is 0 Å². The van der Waals surface area contributed by atoms with Gasteiger partial charge in [-0.2, -0.15) is 0 Å². The van der Waals surface area contributed by atoms with Crippen molar-refractivity contribution < 1.29 is 14.3 Å². The molecule has 1 aromatic carbocycles. The van der Waals surface area contributed by atoms with Crippen LogP contribution >= 0.6 is 23.1 Å². The molecule has 1 N–H and O–H groups in total. The summed E-state index contributed by atoms with van der Waals surface area (Å²) in [6.07, 6.45) is 2.88. The zero-order valence-corrected chi connectivity index (χ0v) is 19.4. The maximum atomic E-state index is 12.9. The van der Waals surface area contributed by atoms with Crippen LogP contribution in [0.5, 0.6) is 0 Å². The molecule has 156 valence electrons. The number of anilines is 1. The highest BCUT2D eigenvalue weighted by Crippen LogP contribution is 2.40. The highest BCUT2D eigenvalue weighted by molar-refractivity contribution is 8.00. The van der Waals surface area contributed by atoms with Crippen LogP contribution in [-0.2, 0) is 22.4 Å². The summed E-state index contributed by atoms with van der Waals surface area (Å²) in [6, 6.07) is 6.27. The van der Waals surface area contributed by atoms with E-state index in [1.54, 1.807) is 18.7 Å². The van der Waals surface area contributed by atoms with Crippen molar-refractivity contribution in [2.45, 2.75) is 64.0 Å². The molecular formula is C23H29NO3S2. The molecule has 1 aliphatic carbocycles. The molecule has 29 heavy (non-hydrogen) atoms. The number of esters is 1. The lowest BCUT2D eigenvalue weighted by atomic mass is 9.88. The third kappa shape index (κ3) is 5.04. The van der Waals surface area contributed by atoms with Crippen LogP contribution < -0.4 is 5.32 Å². The number of carbonyl (C=O) groups is 2. The largest absolute Gasteiger partial charge is 0.462 e. The Labute approximate surface area is 181 Å². The summed E-state index contributed by atoms with van der Waals surface area (Å²) in [5.41, 5.74) is 3.97. The fraction of sp³-hybridized carbons (Fsp3) is 0.478. The Bertz CT molecular complexity index is 919. The lowest BCUT2D eigenvalue weighted by Crippen LogP contribution is -2.23. The van der Waals surface area contributed by atoms with E-state index in [-0.39, 0.29) is 17.1 Å². The average molecular weight is 432 g/mol. The summed E-state index contributed by atoms with van der Waals surface area (Å²) in [7, 11) is 0. The fourth-order valence-electron chi connectivity index (χ4n) is 3.55. The number of thiophene rings is 1. The minimum atomic E-state index is -0.329. The Morgan fingerprint density at radius 1 is 1.34 bits per heavy atom. The van der Waals surface area contributed by atoms with E-state index in [2.05, 4.69) is 44.3 Å². The van der Waals surface area contributed by atoms with E-state index in [1.165, 1.54) is 21.8 Å². The highest BCUT2D eigenvalue weighted by atomic mass is 32.2. The number of rotatable bonds is 6. The summed E-state index contributed by atoms with van der Waals surface area (Å²) < 4.78 is 5.30. The first-order valence-electron chi connectivity index (χ1n) is 10.2. The van der Waals surface area contributed by atoms with Gasteiger partial charge in [-0.1, -0.05) is 24.6 Å². The van der Waals surface area contributed by atoms with Gasteiger partial charge in [0.25, 0.3) is 0 Å². The number of benzene rings is 1. The summed E-state index contributed by atoms with van der Waals surface area (Å²) in [4.78, 5) is 27.9. The fourth-order valence-corrected chi connectivity index (χ4v) is 6.01. The van der Waals surface area contributed by atoms with E-state index in [0.717, 1.165) is 35.3 Å². The second kappa shape index (κ2) is 9.35. The summed E-state index contributed by atoms with van der Waals surface area (Å²) >= 11 is 3.08. The van der Waals surface area contributed by atoms with Gasteiger partial charge in [0, 0.05) is 9.77 Å². The van der Waals surface area contributed by atoms with Crippen LogP contribution in [0, 0.1) is 19.8 Å². The van der Waals surface area contributed by atoms with E-state index in [0.29, 0.717) is 23.1 Å². The van der Waals surface area contributed by atoms with Gasteiger partial charge in [0.15, 0.2) is 0 Å². The molecule has 1 aliphatic rings. The maximum Gasteiger partial charge on any atom is 0.341 e. The first kappa shape index (κ1) is 21.9. The lowest BCUT2D eigenvalue weighted by molar-refractivity contribution is -0.115. The second-order valence-corrected chi connectivity index (χ2v) is 10.3. The van der Waals surface area contributed by atoms with Crippen LogP contribution in [0.25, 0.3) is 0 Å². The molecule has 3 rings (SSSR count). The van der Waals surface area contributed by atoms with Crippen LogP contribution in [0.3, 0.4) is 0 Å². The van der Waals surface area contributed by atoms with Crippen molar-refractivity contribution in [3.05, 3.63) is 45.3 Å². The number of amides is 1. The molecule has 0 radical (unpaired) electrons. The van der Waals surface area contributed by atoms with Crippen LogP contribution in [0.2, 0.25) is 0 Å². The zero-order chi connectivity index (χ0) is 21.1. The first-order chi connectivity index (χ1) is 13.8. The molecule has 2 atom stereocenters. The standard InChI is InChI=1S/C23H29NO3S2/c1-6-27-23(26)20-17-10-8-14(3)12-19(17)29-22(20)24-21(25)16(5)28-18-11-13(2)7-9-15(18)4/h7,9,11,14,16H,6,8,10,12H2,1-5H3,(H,24,25). The summed E-state index contributed by atoms with van der Waals surface area (Å²) in [5.74, 6) is 0.177. The number of carbonyl (C=O) groups excluding carboxylic acids is 2. The normalized spacial score (nSPS) is 16.8. The highest BCUT2D eigenvalue weighted by Gasteiger charge is 2.30. The van der Waals surface area contributed by atoms with E-state index < -0.39 is 0 Å². The number of hydrogen-bond acceptors (Lipinski definition) is 5. The summed E-state index contributed by atoms with van der Waals surface area (Å²) in [6.45, 7) is 10.4. The molecule has 0 aliphatic heterocycles. The lowest BCUT2D eigenvalue weighted by Gasteiger charge is -2.18. The summed E-state index contributed by atoms with van der Waals surface area (Å²) in [5, 5.41) is 3.40. The molecule has 1 aromatic heterocycles. The predicted octanol–water partition coefficient (Wildman–Crippen LogP) is 5.79. The minimum absolute atomic E-state index is 0.0897. The molecule has 1 heterocycles. The van der Waals surface area contributed by atoms with E-state index in [9.17, 15) is 9.59 Å². The zero-order valence-electron chi connectivity index (χ0n) is 17.8. The Hall–Kier alpha value is -1.79. The van der Waals surface area contributed by atoms with Crippen molar-refractivity contribution in [2.75, 3.05) is 11.9 Å². The van der Waals surface area contributed by atoms with Crippen molar-refractivity contribution in [2.24, 2.45) is 5.92 Å². The van der Waals surface area contributed by atoms with Gasteiger partial charge in [0.05, 0.1) is 17.4 Å². The molecule has 4 nitrogen and oxygen atoms in total.